The molecule has 4 rings (SSSR count). The molecule has 0 spiro atoms. The van der Waals surface area contributed by atoms with Crippen LogP contribution >= 0.6 is 0 Å². The van der Waals surface area contributed by atoms with E-state index in [2.05, 4.69) is 35.3 Å². The predicted molar refractivity (Wildman–Crippen MR) is 129 cm³/mol. The molecule has 0 radical (unpaired) electrons. The highest BCUT2D eigenvalue weighted by Gasteiger charge is 2.33. The lowest BCUT2D eigenvalue weighted by Gasteiger charge is -2.31. The van der Waals surface area contributed by atoms with E-state index in [0.717, 1.165) is 18.2 Å². The van der Waals surface area contributed by atoms with E-state index in [1.807, 2.05) is 0 Å². The SMILES string of the molecule is Cc1nc(S(=O)(=O)N2CCC(Nc3nc(Nc4cccc(C(F)(F)F)c4)nc(OCC(F)(F)F)n3)CC2)cn1C. The molecule has 0 saturated carbocycles. The van der Waals surface area contributed by atoms with Crippen molar-refractivity contribution in [2.75, 3.05) is 30.3 Å². The van der Waals surface area contributed by atoms with Gasteiger partial charge in [0.15, 0.2) is 11.6 Å². The minimum absolute atomic E-state index is 0.0722. The van der Waals surface area contributed by atoms with E-state index in [9.17, 15) is 34.8 Å². The average Bonchev–Trinajstić information content (AvgIpc) is 3.21. The predicted octanol–water partition coefficient (Wildman–Crippen LogP) is 3.88. The first kappa shape index (κ1) is 29.3. The molecule has 1 fully saturated rings. The number of anilines is 3. The molecule has 0 bridgehead atoms. The molecule has 0 amide bonds. The van der Waals surface area contributed by atoms with Crippen LogP contribution < -0.4 is 15.4 Å². The summed E-state index contributed by atoms with van der Waals surface area (Å²) < 4.78 is 111. The van der Waals surface area contributed by atoms with Crippen LogP contribution in [0.15, 0.2) is 35.5 Å². The van der Waals surface area contributed by atoms with Crippen LogP contribution in [0.25, 0.3) is 0 Å². The Morgan fingerprint density at radius 1 is 1.02 bits per heavy atom. The van der Waals surface area contributed by atoms with E-state index in [0.29, 0.717) is 18.7 Å². The van der Waals surface area contributed by atoms with Crippen molar-refractivity contribution in [1.82, 2.24) is 28.8 Å². The van der Waals surface area contributed by atoms with Crippen LogP contribution in [0.5, 0.6) is 6.01 Å². The second-order valence-corrected chi connectivity index (χ2v) is 10.8. The third kappa shape index (κ3) is 7.29. The molecule has 0 atom stereocenters. The maximum Gasteiger partial charge on any atom is 0.422 e. The van der Waals surface area contributed by atoms with Crippen molar-refractivity contribution < 1.29 is 39.5 Å². The Morgan fingerprint density at radius 2 is 1.70 bits per heavy atom. The van der Waals surface area contributed by atoms with E-state index < -0.39 is 40.6 Å². The van der Waals surface area contributed by atoms with Crippen LogP contribution in [0.3, 0.4) is 0 Å². The standard InChI is InChI=1S/C22H24F6N8O3S/c1-13-29-17(11-35(13)2)40(37,38)36-8-6-15(7-9-36)30-18-32-19(34-20(33-18)39-12-21(23,24)25)31-16-5-3-4-14(10-16)22(26,27)28/h3-5,10-11,15H,6-9,12H2,1-2H3,(H2,30,31,32,33,34). The fraction of sp³-hybridized carbons (Fsp3) is 0.455. The van der Waals surface area contributed by atoms with Crippen molar-refractivity contribution in [2.45, 2.75) is 43.2 Å². The van der Waals surface area contributed by atoms with E-state index in [1.165, 1.54) is 16.6 Å². The minimum Gasteiger partial charge on any atom is -0.454 e. The summed E-state index contributed by atoms with van der Waals surface area (Å²) in [6.45, 7) is 0.205. The number of ether oxygens (including phenoxy) is 1. The van der Waals surface area contributed by atoms with E-state index in [1.54, 1.807) is 18.5 Å². The lowest BCUT2D eigenvalue weighted by molar-refractivity contribution is -0.154. The first-order chi connectivity index (χ1) is 18.6. The Morgan fingerprint density at radius 3 is 2.30 bits per heavy atom. The zero-order chi connectivity index (χ0) is 29.3. The third-order valence-corrected chi connectivity index (χ3v) is 7.67. The third-order valence-electron chi connectivity index (χ3n) is 5.90. The van der Waals surface area contributed by atoms with Crippen molar-refractivity contribution in [3.63, 3.8) is 0 Å². The van der Waals surface area contributed by atoms with Gasteiger partial charge in [0.1, 0.15) is 5.82 Å². The molecule has 3 aromatic rings. The van der Waals surface area contributed by atoms with Gasteiger partial charge < -0.3 is 19.9 Å². The molecule has 1 saturated heterocycles. The van der Waals surface area contributed by atoms with Gasteiger partial charge >= 0.3 is 18.4 Å². The highest BCUT2D eigenvalue weighted by Crippen LogP contribution is 2.31. The van der Waals surface area contributed by atoms with E-state index in [-0.39, 0.29) is 41.7 Å². The molecule has 1 aromatic carbocycles. The van der Waals surface area contributed by atoms with Crippen molar-refractivity contribution in [3.05, 3.63) is 41.9 Å². The maximum atomic E-state index is 13.1. The van der Waals surface area contributed by atoms with Crippen molar-refractivity contribution in [1.29, 1.82) is 0 Å². The van der Waals surface area contributed by atoms with Crippen LogP contribution in [0.2, 0.25) is 0 Å². The highest BCUT2D eigenvalue weighted by molar-refractivity contribution is 7.89. The number of halogens is 6. The van der Waals surface area contributed by atoms with Gasteiger partial charge in [-0.15, -0.1) is 0 Å². The number of hydrogen-bond acceptors (Lipinski definition) is 9. The summed E-state index contributed by atoms with van der Waals surface area (Å²) in [4.78, 5) is 15.7. The van der Waals surface area contributed by atoms with Crippen LogP contribution in [0.1, 0.15) is 24.2 Å². The average molecular weight is 595 g/mol. The lowest BCUT2D eigenvalue weighted by Crippen LogP contribution is -2.42. The number of aryl methyl sites for hydroxylation is 2. The van der Waals surface area contributed by atoms with Gasteiger partial charge in [-0.2, -0.15) is 45.6 Å². The zero-order valence-corrected chi connectivity index (χ0v) is 21.9. The van der Waals surface area contributed by atoms with Crippen LogP contribution in [-0.4, -0.2) is 69.1 Å². The van der Waals surface area contributed by atoms with Crippen molar-refractivity contribution in [2.24, 2.45) is 7.05 Å². The van der Waals surface area contributed by atoms with Gasteiger partial charge in [0.05, 0.1) is 5.56 Å². The van der Waals surface area contributed by atoms with Crippen LogP contribution in [-0.2, 0) is 23.2 Å². The number of aromatic nitrogens is 5. The van der Waals surface area contributed by atoms with Gasteiger partial charge in [0, 0.05) is 38.1 Å². The molecule has 0 aliphatic carbocycles. The number of hydrogen-bond donors (Lipinski definition) is 2. The Bertz CT molecular complexity index is 1430. The molecular formula is C22H24F6N8O3S. The second kappa shape index (κ2) is 11.1. The molecule has 2 aromatic heterocycles. The quantitative estimate of drug-likeness (QED) is 0.374. The number of piperidine rings is 1. The zero-order valence-electron chi connectivity index (χ0n) is 21.1. The molecule has 2 N–H and O–H groups in total. The largest absolute Gasteiger partial charge is 0.454 e. The lowest BCUT2D eigenvalue weighted by atomic mass is 10.1. The van der Waals surface area contributed by atoms with Gasteiger partial charge in [-0.05, 0) is 38.0 Å². The summed E-state index contributed by atoms with van der Waals surface area (Å²) in [5, 5.41) is 5.37. The van der Waals surface area contributed by atoms with E-state index >= 15 is 0 Å². The molecule has 1 aliphatic rings. The molecule has 1 aliphatic heterocycles. The topological polar surface area (TPSA) is 127 Å². The fourth-order valence-corrected chi connectivity index (χ4v) is 5.29. The summed E-state index contributed by atoms with van der Waals surface area (Å²) in [5.41, 5.74) is -1.03. The Hall–Kier alpha value is -3.67. The minimum atomic E-state index is -4.70. The smallest absolute Gasteiger partial charge is 0.422 e. The van der Waals surface area contributed by atoms with Crippen LogP contribution in [0, 0.1) is 6.92 Å². The first-order valence-corrected chi connectivity index (χ1v) is 13.2. The van der Waals surface area contributed by atoms with Gasteiger partial charge in [0.25, 0.3) is 10.0 Å². The molecule has 218 valence electrons. The number of imidazole rings is 1. The van der Waals surface area contributed by atoms with Gasteiger partial charge in [-0.3, -0.25) is 0 Å². The monoisotopic (exact) mass is 594 g/mol. The summed E-state index contributed by atoms with van der Waals surface area (Å²) >= 11 is 0. The van der Waals surface area contributed by atoms with Crippen LogP contribution in [0.4, 0.5) is 43.9 Å². The summed E-state index contributed by atoms with van der Waals surface area (Å²) in [7, 11) is -2.15. The molecule has 40 heavy (non-hydrogen) atoms. The van der Waals surface area contributed by atoms with Gasteiger partial charge in [-0.1, -0.05) is 6.07 Å². The van der Waals surface area contributed by atoms with E-state index in [4.69, 9.17) is 0 Å². The summed E-state index contributed by atoms with van der Waals surface area (Å²) in [6, 6.07) is 2.98. The van der Waals surface area contributed by atoms with Gasteiger partial charge in [0.2, 0.25) is 11.9 Å². The number of rotatable bonds is 8. The maximum absolute atomic E-state index is 13.1. The molecule has 18 heteroatoms. The number of alkyl halides is 6. The number of nitrogens with one attached hydrogen (secondary N) is 2. The van der Waals surface area contributed by atoms with Crippen molar-refractivity contribution in [3.8, 4) is 6.01 Å². The second-order valence-electron chi connectivity index (χ2n) is 8.93. The number of benzene rings is 1. The fourth-order valence-electron chi connectivity index (χ4n) is 3.80. The molecule has 3 heterocycles. The molecule has 0 unspecified atom stereocenters. The Kier molecular flexibility index (Phi) is 8.11. The molecular weight excluding hydrogens is 570 g/mol. The summed E-state index contributed by atoms with van der Waals surface area (Å²) in [6.07, 6.45) is -7.31. The molecule has 11 nitrogen and oxygen atoms in total. The first-order valence-electron chi connectivity index (χ1n) is 11.8. The number of sulfonamides is 1. The van der Waals surface area contributed by atoms with Crippen molar-refractivity contribution >= 4 is 27.6 Å². The highest BCUT2D eigenvalue weighted by atomic mass is 32.2. The number of nitrogens with zero attached hydrogens (tertiary/aromatic N) is 6. The Labute approximate surface area is 224 Å². The van der Waals surface area contributed by atoms with Gasteiger partial charge in [-0.25, -0.2) is 13.4 Å². The normalized spacial score (nSPS) is 15.7. The Balaban J connectivity index is 1.49. The summed E-state index contributed by atoms with van der Waals surface area (Å²) in [5.74, 6) is -0.0362.